The highest BCUT2D eigenvalue weighted by atomic mass is 32.1. The second-order valence-electron chi connectivity index (χ2n) is 5.60. The van der Waals surface area contributed by atoms with E-state index in [4.69, 9.17) is 4.74 Å². The fourth-order valence-corrected chi connectivity index (χ4v) is 2.80. The standard InChI is InChI=1S/C15H18F3N3O2S/c1-14(2,23-3)12-20-13(24-21-12)19-11(8-22)9-6-4-5-7-10(9)15(16,17)18/h4-7,11,22H,8H2,1-3H3,(H,19,20,21). The molecular formula is C15H18F3N3O2S. The number of aliphatic hydroxyl groups is 1. The van der Waals surface area contributed by atoms with Crippen LogP contribution in [0.2, 0.25) is 0 Å². The maximum absolute atomic E-state index is 13.1. The molecule has 1 aromatic carbocycles. The summed E-state index contributed by atoms with van der Waals surface area (Å²) in [6, 6.07) is 4.17. The van der Waals surface area contributed by atoms with Crippen molar-refractivity contribution in [3.63, 3.8) is 0 Å². The lowest BCUT2D eigenvalue weighted by Gasteiger charge is -2.21. The second-order valence-corrected chi connectivity index (χ2v) is 6.35. The summed E-state index contributed by atoms with van der Waals surface area (Å²) in [4.78, 5) is 4.24. The third-order valence-corrected chi connectivity index (χ3v) is 4.24. The van der Waals surface area contributed by atoms with Gasteiger partial charge >= 0.3 is 6.18 Å². The Morgan fingerprint density at radius 2 is 1.96 bits per heavy atom. The fraction of sp³-hybridized carbons (Fsp3) is 0.467. The minimum Gasteiger partial charge on any atom is -0.394 e. The Labute approximate surface area is 141 Å². The Bertz CT molecular complexity index is 689. The summed E-state index contributed by atoms with van der Waals surface area (Å²) in [5, 5.41) is 12.7. The van der Waals surface area contributed by atoms with E-state index in [9.17, 15) is 18.3 Å². The van der Waals surface area contributed by atoms with E-state index in [0.29, 0.717) is 11.0 Å². The quantitative estimate of drug-likeness (QED) is 0.823. The number of nitrogens with one attached hydrogen (secondary N) is 1. The van der Waals surface area contributed by atoms with Gasteiger partial charge in [0.15, 0.2) is 5.82 Å². The molecule has 0 aliphatic carbocycles. The molecule has 1 heterocycles. The van der Waals surface area contributed by atoms with Crippen molar-refractivity contribution in [1.82, 2.24) is 9.36 Å². The zero-order chi connectivity index (χ0) is 18.0. The average Bonchev–Trinajstić information content (AvgIpc) is 3.01. The van der Waals surface area contributed by atoms with Gasteiger partial charge in [-0.1, -0.05) is 18.2 Å². The van der Waals surface area contributed by atoms with Crippen molar-refractivity contribution in [3.8, 4) is 0 Å². The van der Waals surface area contributed by atoms with E-state index < -0.39 is 30.0 Å². The number of methoxy groups -OCH3 is 1. The van der Waals surface area contributed by atoms with E-state index in [2.05, 4.69) is 14.7 Å². The molecule has 5 nitrogen and oxygen atoms in total. The van der Waals surface area contributed by atoms with Crippen molar-refractivity contribution in [1.29, 1.82) is 0 Å². The molecule has 0 saturated carbocycles. The molecule has 0 aliphatic heterocycles. The van der Waals surface area contributed by atoms with Gasteiger partial charge in [0, 0.05) is 18.6 Å². The molecule has 0 radical (unpaired) electrons. The van der Waals surface area contributed by atoms with Crippen molar-refractivity contribution >= 4 is 16.7 Å². The number of benzene rings is 1. The molecule has 0 spiro atoms. The van der Waals surface area contributed by atoms with E-state index in [1.54, 1.807) is 13.8 Å². The summed E-state index contributed by atoms with van der Waals surface area (Å²) in [7, 11) is 1.52. The zero-order valence-corrected chi connectivity index (χ0v) is 14.2. The third-order valence-electron chi connectivity index (χ3n) is 3.60. The van der Waals surface area contributed by atoms with Crippen LogP contribution in [0.5, 0.6) is 0 Å². The maximum atomic E-state index is 13.1. The van der Waals surface area contributed by atoms with Crippen LogP contribution in [0.4, 0.5) is 18.3 Å². The third kappa shape index (κ3) is 4.03. The van der Waals surface area contributed by atoms with E-state index in [1.165, 1.54) is 25.3 Å². The Morgan fingerprint density at radius 1 is 1.29 bits per heavy atom. The molecule has 0 fully saturated rings. The Balaban J connectivity index is 2.29. The van der Waals surface area contributed by atoms with Gasteiger partial charge in [0.25, 0.3) is 0 Å². The predicted molar refractivity (Wildman–Crippen MR) is 84.8 cm³/mol. The van der Waals surface area contributed by atoms with Crippen LogP contribution in [0.15, 0.2) is 24.3 Å². The number of anilines is 1. The number of hydrogen-bond donors (Lipinski definition) is 2. The van der Waals surface area contributed by atoms with Crippen LogP contribution in [0.1, 0.15) is 36.8 Å². The first-order valence-corrected chi connectivity index (χ1v) is 7.89. The molecular weight excluding hydrogens is 343 g/mol. The first kappa shape index (κ1) is 18.6. The predicted octanol–water partition coefficient (Wildman–Crippen LogP) is 3.58. The van der Waals surface area contributed by atoms with Gasteiger partial charge in [0.1, 0.15) is 5.60 Å². The number of halogens is 3. The Hall–Kier alpha value is -1.71. The van der Waals surface area contributed by atoms with Crippen LogP contribution in [-0.2, 0) is 16.5 Å². The molecule has 9 heteroatoms. The molecule has 0 bridgehead atoms. The van der Waals surface area contributed by atoms with Crippen LogP contribution >= 0.6 is 11.5 Å². The summed E-state index contributed by atoms with van der Waals surface area (Å²) in [6.45, 7) is 3.04. The minimum absolute atomic E-state index is 0.0461. The lowest BCUT2D eigenvalue weighted by molar-refractivity contribution is -0.138. The largest absolute Gasteiger partial charge is 0.416 e. The second kappa shape index (κ2) is 7.04. The van der Waals surface area contributed by atoms with Gasteiger partial charge in [0.2, 0.25) is 5.13 Å². The van der Waals surface area contributed by atoms with E-state index in [1.807, 2.05) is 0 Å². The van der Waals surface area contributed by atoms with Gasteiger partial charge in [-0.25, -0.2) is 4.98 Å². The summed E-state index contributed by atoms with van der Waals surface area (Å²) in [6.07, 6.45) is -4.50. The number of ether oxygens (including phenoxy) is 1. The van der Waals surface area contributed by atoms with Gasteiger partial charge in [-0.2, -0.15) is 17.5 Å². The SMILES string of the molecule is COC(C)(C)c1nsc(NC(CO)c2ccccc2C(F)(F)F)n1. The van der Waals surface area contributed by atoms with Crippen LogP contribution in [-0.4, -0.2) is 28.2 Å². The van der Waals surface area contributed by atoms with Crippen molar-refractivity contribution in [2.75, 3.05) is 19.0 Å². The fourth-order valence-electron chi connectivity index (χ4n) is 2.05. The topological polar surface area (TPSA) is 67.3 Å². The van der Waals surface area contributed by atoms with Crippen molar-refractivity contribution < 1.29 is 23.0 Å². The first-order valence-electron chi connectivity index (χ1n) is 7.12. The van der Waals surface area contributed by atoms with Crippen molar-refractivity contribution in [2.24, 2.45) is 0 Å². The number of nitrogens with zero attached hydrogens (tertiary/aromatic N) is 2. The monoisotopic (exact) mass is 361 g/mol. The summed E-state index contributed by atoms with van der Waals surface area (Å²) in [5.74, 6) is 0.415. The highest BCUT2D eigenvalue weighted by Crippen LogP contribution is 2.35. The molecule has 132 valence electrons. The van der Waals surface area contributed by atoms with Crippen LogP contribution in [0.25, 0.3) is 0 Å². The van der Waals surface area contributed by atoms with Crippen LogP contribution in [0, 0.1) is 0 Å². The number of hydrogen-bond acceptors (Lipinski definition) is 6. The average molecular weight is 361 g/mol. The van der Waals surface area contributed by atoms with Gasteiger partial charge in [0.05, 0.1) is 18.2 Å². The Kier molecular flexibility index (Phi) is 5.46. The molecule has 2 aromatic rings. The van der Waals surface area contributed by atoms with E-state index in [0.717, 1.165) is 17.6 Å². The maximum Gasteiger partial charge on any atom is 0.416 e. The molecule has 24 heavy (non-hydrogen) atoms. The number of alkyl halides is 3. The Morgan fingerprint density at radius 3 is 2.54 bits per heavy atom. The lowest BCUT2D eigenvalue weighted by Crippen LogP contribution is -2.22. The zero-order valence-electron chi connectivity index (χ0n) is 13.4. The highest BCUT2D eigenvalue weighted by molar-refractivity contribution is 7.09. The van der Waals surface area contributed by atoms with Crippen LogP contribution in [0.3, 0.4) is 0 Å². The number of aromatic nitrogens is 2. The van der Waals surface area contributed by atoms with Crippen LogP contribution < -0.4 is 5.32 Å². The molecule has 2 rings (SSSR count). The van der Waals surface area contributed by atoms with Gasteiger partial charge in [-0.05, 0) is 25.5 Å². The minimum atomic E-state index is -4.50. The molecule has 1 unspecified atom stereocenters. The molecule has 1 atom stereocenters. The first-order chi connectivity index (χ1) is 11.2. The molecule has 0 amide bonds. The molecule has 1 aromatic heterocycles. The van der Waals surface area contributed by atoms with E-state index in [-0.39, 0.29) is 5.56 Å². The number of rotatable bonds is 6. The van der Waals surface area contributed by atoms with E-state index >= 15 is 0 Å². The van der Waals surface area contributed by atoms with Crippen molar-refractivity contribution in [3.05, 3.63) is 41.2 Å². The summed E-state index contributed by atoms with van der Waals surface area (Å²) < 4.78 is 48.8. The van der Waals surface area contributed by atoms with Gasteiger partial charge < -0.3 is 15.2 Å². The van der Waals surface area contributed by atoms with Crippen molar-refractivity contribution in [2.45, 2.75) is 31.7 Å². The summed E-state index contributed by atoms with van der Waals surface area (Å²) >= 11 is 0.999. The number of aliphatic hydroxyl groups excluding tert-OH is 1. The highest BCUT2D eigenvalue weighted by Gasteiger charge is 2.35. The molecule has 0 saturated heterocycles. The normalized spacial score (nSPS) is 13.8. The smallest absolute Gasteiger partial charge is 0.394 e. The van der Waals surface area contributed by atoms with Gasteiger partial charge in [-0.3, -0.25) is 0 Å². The lowest BCUT2D eigenvalue weighted by atomic mass is 10.0. The molecule has 0 aliphatic rings. The van der Waals surface area contributed by atoms with Gasteiger partial charge in [-0.15, -0.1) is 0 Å². The summed E-state index contributed by atoms with van der Waals surface area (Å²) in [5.41, 5.74) is -1.55. The molecule has 2 N–H and O–H groups in total.